The van der Waals surface area contributed by atoms with E-state index >= 15 is 0 Å². The number of nitrogens with zero attached hydrogens (tertiary/aromatic N) is 1. The van der Waals surface area contributed by atoms with Crippen LogP contribution in [0.1, 0.15) is 27.2 Å². The van der Waals surface area contributed by atoms with Crippen LogP contribution >= 0.6 is 11.6 Å². The van der Waals surface area contributed by atoms with Crippen molar-refractivity contribution in [3.63, 3.8) is 0 Å². The third-order valence-corrected chi connectivity index (χ3v) is 2.94. The first-order valence-corrected chi connectivity index (χ1v) is 6.02. The molecule has 4 heteroatoms. The summed E-state index contributed by atoms with van der Waals surface area (Å²) in [5.74, 6) is -2.30. The van der Waals surface area contributed by atoms with Crippen LogP contribution in [0.15, 0.2) is 28.8 Å². The first-order valence-electron chi connectivity index (χ1n) is 5.64. The van der Waals surface area contributed by atoms with Crippen molar-refractivity contribution in [3.05, 3.63) is 23.8 Å². The molecule has 0 saturated heterocycles. The second-order valence-corrected chi connectivity index (χ2v) is 4.80. The third kappa shape index (κ3) is 5.48. The second kappa shape index (κ2) is 6.94. The van der Waals surface area contributed by atoms with E-state index < -0.39 is 11.7 Å². The van der Waals surface area contributed by atoms with Crippen LogP contribution in [-0.4, -0.2) is 28.8 Å². The van der Waals surface area contributed by atoms with Gasteiger partial charge in [0.05, 0.1) is 5.92 Å². The third-order valence-electron chi connectivity index (χ3n) is 2.82. The van der Waals surface area contributed by atoms with Gasteiger partial charge in [0.25, 0.3) is 0 Å². The average molecular weight is 260 g/mol. The van der Waals surface area contributed by atoms with Crippen molar-refractivity contribution in [2.75, 3.05) is 7.05 Å². The SMILES string of the molecule is C=C(Cl)C=CC(CC)C(C(C)=NC)C(C)(O)O. The predicted molar refractivity (Wildman–Crippen MR) is 73.3 cm³/mol. The molecule has 0 aromatic heterocycles. The van der Waals surface area contributed by atoms with E-state index in [0.29, 0.717) is 10.7 Å². The Morgan fingerprint density at radius 1 is 1.53 bits per heavy atom. The van der Waals surface area contributed by atoms with Gasteiger partial charge in [0.15, 0.2) is 5.79 Å². The maximum atomic E-state index is 9.83. The van der Waals surface area contributed by atoms with Crippen molar-refractivity contribution >= 4 is 17.3 Å². The summed E-state index contributed by atoms with van der Waals surface area (Å²) in [5.41, 5.74) is 0.703. The van der Waals surface area contributed by atoms with Gasteiger partial charge in [-0.25, -0.2) is 0 Å². The van der Waals surface area contributed by atoms with Crippen LogP contribution in [0.25, 0.3) is 0 Å². The molecule has 2 atom stereocenters. The van der Waals surface area contributed by atoms with E-state index in [4.69, 9.17) is 11.6 Å². The fourth-order valence-corrected chi connectivity index (χ4v) is 2.03. The quantitative estimate of drug-likeness (QED) is 0.438. The highest BCUT2D eigenvalue weighted by Gasteiger charge is 2.36. The summed E-state index contributed by atoms with van der Waals surface area (Å²) in [6, 6.07) is 0. The summed E-state index contributed by atoms with van der Waals surface area (Å²) in [6.07, 6.45) is 4.28. The fraction of sp³-hybridized carbons (Fsp3) is 0.615. The Kier molecular flexibility index (Phi) is 6.68. The zero-order valence-electron chi connectivity index (χ0n) is 10.9. The van der Waals surface area contributed by atoms with Gasteiger partial charge in [-0.3, -0.25) is 4.99 Å². The van der Waals surface area contributed by atoms with E-state index in [1.165, 1.54) is 6.92 Å². The number of rotatable bonds is 6. The van der Waals surface area contributed by atoms with Crippen LogP contribution < -0.4 is 0 Å². The summed E-state index contributed by atoms with van der Waals surface area (Å²) in [7, 11) is 1.64. The molecule has 0 aliphatic heterocycles. The van der Waals surface area contributed by atoms with Crippen LogP contribution in [0.2, 0.25) is 0 Å². The Balaban J connectivity index is 5.20. The Bertz CT molecular complexity index is 316. The van der Waals surface area contributed by atoms with Crippen LogP contribution in [-0.2, 0) is 0 Å². The van der Waals surface area contributed by atoms with E-state index in [2.05, 4.69) is 11.6 Å². The lowest BCUT2D eigenvalue weighted by molar-refractivity contribution is -0.175. The number of hydrogen-bond donors (Lipinski definition) is 2. The monoisotopic (exact) mass is 259 g/mol. The largest absolute Gasteiger partial charge is 0.365 e. The van der Waals surface area contributed by atoms with Gasteiger partial charge < -0.3 is 10.2 Å². The molecular formula is C13H22ClNO2. The van der Waals surface area contributed by atoms with Gasteiger partial charge in [-0.2, -0.15) is 0 Å². The molecule has 98 valence electrons. The fourth-order valence-electron chi connectivity index (χ4n) is 1.96. The van der Waals surface area contributed by atoms with Crippen molar-refractivity contribution in [1.82, 2.24) is 0 Å². The maximum absolute atomic E-state index is 9.83. The molecule has 0 radical (unpaired) electrons. The number of allylic oxidation sites excluding steroid dienone is 3. The second-order valence-electron chi connectivity index (χ2n) is 4.31. The van der Waals surface area contributed by atoms with Crippen LogP contribution in [0.5, 0.6) is 0 Å². The normalized spacial score (nSPS) is 17.2. The van der Waals surface area contributed by atoms with Crippen molar-refractivity contribution < 1.29 is 10.2 Å². The Morgan fingerprint density at radius 2 is 2.06 bits per heavy atom. The van der Waals surface area contributed by atoms with Gasteiger partial charge in [0.1, 0.15) is 0 Å². The lowest BCUT2D eigenvalue weighted by Gasteiger charge is -2.32. The minimum absolute atomic E-state index is 0.0470. The first kappa shape index (κ1) is 16.4. The molecular weight excluding hydrogens is 238 g/mol. The molecule has 0 amide bonds. The lowest BCUT2D eigenvalue weighted by atomic mass is 9.80. The maximum Gasteiger partial charge on any atom is 0.168 e. The van der Waals surface area contributed by atoms with Crippen molar-refractivity contribution in [1.29, 1.82) is 0 Å². The molecule has 0 aromatic carbocycles. The van der Waals surface area contributed by atoms with E-state index in [-0.39, 0.29) is 5.92 Å². The highest BCUT2D eigenvalue weighted by molar-refractivity contribution is 6.30. The number of aliphatic imine (C=N–C) groups is 1. The molecule has 0 aliphatic carbocycles. The predicted octanol–water partition coefficient (Wildman–Crippen LogP) is 2.73. The van der Waals surface area contributed by atoms with Gasteiger partial charge in [-0.15, -0.1) is 0 Å². The summed E-state index contributed by atoms with van der Waals surface area (Å²) < 4.78 is 0. The molecule has 2 unspecified atom stereocenters. The first-order chi connectivity index (χ1) is 7.73. The van der Waals surface area contributed by atoms with Crippen molar-refractivity contribution in [2.24, 2.45) is 16.8 Å². The lowest BCUT2D eigenvalue weighted by Crippen LogP contribution is -2.42. The van der Waals surface area contributed by atoms with Crippen LogP contribution in [0.3, 0.4) is 0 Å². The van der Waals surface area contributed by atoms with Gasteiger partial charge >= 0.3 is 0 Å². The molecule has 0 saturated carbocycles. The van der Waals surface area contributed by atoms with Gasteiger partial charge in [-0.05, 0) is 32.3 Å². The average Bonchev–Trinajstić information content (AvgIpc) is 2.20. The zero-order chi connectivity index (χ0) is 13.6. The van der Waals surface area contributed by atoms with Crippen LogP contribution in [0, 0.1) is 11.8 Å². The minimum Gasteiger partial charge on any atom is -0.365 e. The smallest absolute Gasteiger partial charge is 0.168 e. The van der Waals surface area contributed by atoms with E-state index in [1.54, 1.807) is 20.0 Å². The molecule has 0 aromatic rings. The molecule has 0 fully saturated rings. The van der Waals surface area contributed by atoms with Crippen molar-refractivity contribution in [3.8, 4) is 0 Å². The summed E-state index contributed by atoms with van der Waals surface area (Å²) in [6.45, 7) is 8.72. The van der Waals surface area contributed by atoms with Gasteiger partial charge in [-0.1, -0.05) is 31.2 Å². The van der Waals surface area contributed by atoms with Crippen molar-refractivity contribution in [2.45, 2.75) is 33.0 Å². The van der Waals surface area contributed by atoms with Crippen LogP contribution in [0.4, 0.5) is 0 Å². The standard InChI is InChI=1S/C13H22ClNO2/c1-6-11(8-7-9(2)14)12(10(3)15-5)13(4,16)17/h7-8,11-12,16-17H,2,6H2,1,3-5H3. The highest BCUT2D eigenvalue weighted by Crippen LogP contribution is 2.29. The zero-order valence-corrected chi connectivity index (χ0v) is 11.7. The van der Waals surface area contributed by atoms with E-state index in [9.17, 15) is 10.2 Å². The van der Waals surface area contributed by atoms with E-state index in [1.807, 2.05) is 13.0 Å². The number of aliphatic hydroxyl groups is 2. The summed E-state index contributed by atoms with van der Waals surface area (Å²) in [4.78, 5) is 4.06. The molecule has 0 rings (SSSR count). The molecule has 0 bridgehead atoms. The molecule has 0 aliphatic rings. The summed E-state index contributed by atoms with van der Waals surface area (Å²) in [5, 5.41) is 20.1. The van der Waals surface area contributed by atoms with E-state index in [0.717, 1.165) is 6.42 Å². The minimum atomic E-state index is -1.80. The molecule has 0 spiro atoms. The molecule has 0 heterocycles. The number of hydrogen-bond acceptors (Lipinski definition) is 3. The topological polar surface area (TPSA) is 52.8 Å². The Labute approximate surface area is 109 Å². The molecule has 17 heavy (non-hydrogen) atoms. The van der Waals surface area contributed by atoms with Gasteiger partial charge in [0, 0.05) is 17.8 Å². The Morgan fingerprint density at radius 3 is 2.35 bits per heavy atom. The molecule has 3 nitrogen and oxygen atoms in total. The number of halogens is 1. The summed E-state index contributed by atoms with van der Waals surface area (Å²) >= 11 is 5.67. The molecule has 2 N–H and O–H groups in total. The highest BCUT2D eigenvalue weighted by atomic mass is 35.5. The van der Waals surface area contributed by atoms with Gasteiger partial charge in [0.2, 0.25) is 0 Å². The Hall–Kier alpha value is -0.640.